The summed E-state index contributed by atoms with van der Waals surface area (Å²) in [5, 5.41) is 2.98. The molecule has 0 spiro atoms. The van der Waals surface area contributed by atoms with Gasteiger partial charge in [-0.05, 0) is 38.1 Å². The molecule has 1 aromatic heterocycles. The maximum atomic E-state index is 12.2. The third kappa shape index (κ3) is 4.17. The smallest absolute Gasteiger partial charge is 0.317 e. The molecule has 1 saturated heterocycles. The monoisotopic (exact) mass is 290 g/mol. The zero-order valence-electron chi connectivity index (χ0n) is 13.3. The second-order valence-corrected chi connectivity index (χ2v) is 5.58. The maximum Gasteiger partial charge on any atom is 0.317 e. The van der Waals surface area contributed by atoms with Crippen LogP contribution in [0.5, 0.6) is 0 Å². The van der Waals surface area contributed by atoms with Crippen LogP contribution in [0.15, 0.2) is 18.3 Å². The van der Waals surface area contributed by atoms with Crippen molar-refractivity contribution in [3.05, 3.63) is 29.6 Å². The zero-order valence-corrected chi connectivity index (χ0v) is 13.3. The number of hydrogen-bond donors (Lipinski definition) is 1. The Morgan fingerprint density at radius 3 is 2.81 bits per heavy atom. The fraction of sp³-hybridized carbons (Fsp3) is 0.625. The van der Waals surface area contributed by atoms with Crippen LogP contribution in [0.25, 0.3) is 0 Å². The van der Waals surface area contributed by atoms with Crippen LogP contribution in [-0.2, 0) is 6.54 Å². The lowest BCUT2D eigenvalue weighted by atomic mass is 10.2. The molecule has 1 aliphatic rings. The summed E-state index contributed by atoms with van der Waals surface area (Å²) in [4.78, 5) is 20.8. The van der Waals surface area contributed by atoms with Gasteiger partial charge in [0.15, 0.2) is 0 Å². The highest BCUT2D eigenvalue weighted by molar-refractivity contribution is 5.74. The largest absolute Gasteiger partial charge is 0.334 e. The molecule has 1 aromatic rings. The van der Waals surface area contributed by atoms with Crippen LogP contribution in [0, 0.1) is 6.92 Å². The van der Waals surface area contributed by atoms with E-state index in [0.717, 1.165) is 43.9 Å². The topological polar surface area (TPSA) is 48.5 Å². The Kier molecular flexibility index (Phi) is 5.56. The molecule has 21 heavy (non-hydrogen) atoms. The molecule has 5 heteroatoms. The van der Waals surface area contributed by atoms with Crippen LogP contribution in [0.1, 0.15) is 31.5 Å². The van der Waals surface area contributed by atoms with Gasteiger partial charge in [-0.2, -0.15) is 0 Å². The van der Waals surface area contributed by atoms with Gasteiger partial charge in [0.25, 0.3) is 0 Å². The number of likely N-dealkylation sites (N-methyl/N-ethyl adjacent to an activating group) is 1. The minimum absolute atomic E-state index is 0.0326. The van der Waals surface area contributed by atoms with E-state index in [4.69, 9.17) is 0 Å². The predicted molar refractivity (Wildman–Crippen MR) is 84.1 cm³/mol. The highest BCUT2D eigenvalue weighted by atomic mass is 16.2. The molecule has 0 radical (unpaired) electrons. The van der Waals surface area contributed by atoms with Gasteiger partial charge in [-0.15, -0.1) is 0 Å². The molecule has 2 rings (SSSR count). The van der Waals surface area contributed by atoms with Crippen molar-refractivity contribution in [2.75, 3.05) is 26.2 Å². The summed E-state index contributed by atoms with van der Waals surface area (Å²) in [6, 6.07) is 4.51. The van der Waals surface area contributed by atoms with E-state index in [1.165, 1.54) is 0 Å². The molecule has 0 unspecified atom stereocenters. The molecule has 1 fully saturated rings. The Morgan fingerprint density at radius 2 is 2.19 bits per heavy atom. The van der Waals surface area contributed by atoms with Gasteiger partial charge in [0.05, 0.1) is 0 Å². The number of hydrogen-bond acceptors (Lipinski definition) is 3. The molecule has 1 atom stereocenters. The van der Waals surface area contributed by atoms with Crippen molar-refractivity contribution in [1.82, 2.24) is 20.1 Å². The molecule has 0 bridgehead atoms. The molecule has 2 amide bonds. The summed E-state index contributed by atoms with van der Waals surface area (Å²) >= 11 is 0. The van der Waals surface area contributed by atoms with E-state index in [-0.39, 0.29) is 6.03 Å². The molecular weight excluding hydrogens is 264 g/mol. The fourth-order valence-electron chi connectivity index (χ4n) is 2.86. The summed E-state index contributed by atoms with van der Waals surface area (Å²) in [7, 11) is 0. The van der Waals surface area contributed by atoms with Crippen LogP contribution in [0.2, 0.25) is 0 Å². The number of pyridine rings is 1. The van der Waals surface area contributed by atoms with E-state index in [1.807, 2.05) is 30.2 Å². The van der Waals surface area contributed by atoms with E-state index in [1.54, 1.807) is 0 Å². The normalized spacial score (nSPS) is 18.3. The molecule has 2 heterocycles. The lowest BCUT2D eigenvalue weighted by Gasteiger charge is -2.26. The highest BCUT2D eigenvalue weighted by Crippen LogP contribution is 2.15. The summed E-state index contributed by atoms with van der Waals surface area (Å²) in [6.45, 7) is 10.6. The van der Waals surface area contributed by atoms with Crippen molar-refractivity contribution in [3.8, 4) is 0 Å². The molecule has 5 nitrogen and oxygen atoms in total. The van der Waals surface area contributed by atoms with E-state index in [2.05, 4.69) is 29.0 Å². The highest BCUT2D eigenvalue weighted by Gasteiger charge is 2.28. The lowest BCUT2D eigenvalue weighted by molar-refractivity contribution is 0.192. The number of carbonyl (C=O) groups is 1. The summed E-state index contributed by atoms with van der Waals surface area (Å²) < 4.78 is 0. The summed E-state index contributed by atoms with van der Waals surface area (Å²) in [5.41, 5.74) is 2.03. The van der Waals surface area contributed by atoms with E-state index >= 15 is 0 Å². The van der Waals surface area contributed by atoms with Gasteiger partial charge in [0, 0.05) is 37.6 Å². The van der Waals surface area contributed by atoms with Gasteiger partial charge >= 0.3 is 6.03 Å². The van der Waals surface area contributed by atoms with Gasteiger partial charge in [0.1, 0.15) is 0 Å². The minimum Gasteiger partial charge on any atom is -0.334 e. The molecule has 116 valence electrons. The molecule has 0 aromatic carbocycles. The lowest BCUT2D eigenvalue weighted by Crippen LogP contribution is -2.42. The van der Waals surface area contributed by atoms with Crippen molar-refractivity contribution in [1.29, 1.82) is 0 Å². The van der Waals surface area contributed by atoms with Gasteiger partial charge in [-0.3, -0.25) is 9.88 Å². The van der Waals surface area contributed by atoms with Crippen LogP contribution >= 0.6 is 0 Å². The molecule has 1 N–H and O–H groups in total. The maximum absolute atomic E-state index is 12.2. The zero-order chi connectivity index (χ0) is 15.2. The number of aryl methyl sites for hydroxylation is 1. The standard InChI is InChI=1S/C16H26N4O/c1-4-19(5-2)15-8-9-20(12-15)16(21)18-11-14-7-6-13(3)17-10-14/h6-7,10,15H,4-5,8-9,11-12H2,1-3H3,(H,18,21)/t15-/m0/s1. The van der Waals surface area contributed by atoms with Crippen LogP contribution in [0.3, 0.4) is 0 Å². The van der Waals surface area contributed by atoms with E-state index in [0.29, 0.717) is 12.6 Å². The Balaban J connectivity index is 1.80. The van der Waals surface area contributed by atoms with Gasteiger partial charge in [-0.25, -0.2) is 4.79 Å². The average molecular weight is 290 g/mol. The number of carbonyl (C=O) groups excluding carboxylic acids is 1. The van der Waals surface area contributed by atoms with E-state index in [9.17, 15) is 4.79 Å². The van der Waals surface area contributed by atoms with Gasteiger partial charge in [-0.1, -0.05) is 19.9 Å². The second kappa shape index (κ2) is 7.41. The number of aromatic nitrogens is 1. The fourth-order valence-corrected chi connectivity index (χ4v) is 2.86. The first kappa shape index (κ1) is 15.8. The minimum atomic E-state index is 0.0326. The Bertz CT molecular complexity index is 456. The first-order valence-electron chi connectivity index (χ1n) is 7.82. The van der Waals surface area contributed by atoms with Crippen molar-refractivity contribution in [2.24, 2.45) is 0 Å². The Labute approximate surface area is 127 Å². The van der Waals surface area contributed by atoms with Gasteiger partial charge in [0.2, 0.25) is 0 Å². The quantitative estimate of drug-likeness (QED) is 0.902. The molecular formula is C16H26N4O. The third-order valence-corrected chi connectivity index (χ3v) is 4.20. The molecule has 0 aliphatic carbocycles. The first-order chi connectivity index (χ1) is 10.1. The van der Waals surface area contributed by atoms with Crippen molar-refractivity contribution in [3.63, 3.8) is 0 Å². The van der Waals surface area contributed by atoms with E-state index < -0.39 is 0 Å². The number of nitrogens with one attached hydrogen (secondary N) is 1. The summed E-state index contributed by atoms with van der Waals surface area (Å²) in [5.74, 6) is 0. The molecule has 0 saturated carbocycles. The van der Waals surface area contributed by atoms with Gasteiger partial charge < -0.3 is 10.2 Å². The van der Waals surface area contributed by atoms with Crippen LogP contribution < -0.4 is 5.32 Å². The Hall–Kier alpha value is -1.62. The SMILES string of the molecule is CCN(CC)[C@H]1CCN(C(=O)NCc2ccc(C)nc2)C1. The van der Waals surface area contributed by atoms with Crippen molar-refractivity contribution >= 4 is 6.03 Å². The average Bonchev–Trinajstić information content (AvgIpc) is 2.97. The van der Waals surface area contributed by atoms with Crippen LogP contribution in [-0.4, -0.2) is 53.0 Å². The van der Waals surface area contributed by atoms with Crippen molar-refractivity contribution < 1.29 is 4.79 Å². The number of rotatable bonds is 5. The van der Waals surface area contributed by atoms with Crippen molar-refractivity contribution in [2.45, 2.75) is 39.8 Å². The second-order valence-electron chi connectivity index (χ2n) is 5.58. The first-order valence-corrected chi connectivity index (χ1v) is 7.82. The summed E-state index contributed by atoms with van der Waals surface area (Å²) in [6.07, 6.45) is 2.89. The van der Waals surface area contributed by atoms with Crippen LogP contribution in [0.4, 0.5) is 4.79 Å². The predicted octanol–water partition coefficient (Wildman–Crippen LogP) is 2.02. The number of urea groups is 1. The third-order valence-electron chi connectivity index (χ3n) is 4.20. The molecule has 1 aliphatic heterocycles. The Morgan fingerprint density at radius 1 is 1.43 bits per heavy atom. The number of likely N-dealkylation sites (tertiary alicyclic amines) is 1. The number of nitrogens with zero attached hydrogens (tertiary/aromatic N) is 3. The number of amides is 2.